The number of aryl methyl sites for hydroxylation is 3. The van der Waals surface area contributed by atoms with Crippen LogP contribution in [0.1, 0.15) is 53.3 Å². The van der Waals surface area contributed by atoms with E-state index in [2.05, 4.69) is 22.5 Å². The Morgan fingerprint density at radius 1 is 1.33 bits per heavy atom. The summed E-state index contributed by atoms with van der Waals surface area (Å²) in [7, 11) is 1.84. The van der Waals surface area contributed by atoms with Crippen LogP contribution in [0.4, 0.5) is 0 Å². The highest BCUT2D eigenvalue weighted by Crippen LogP contribution is 2.34. The largest absolute Gasteiger partial charge is 0.480 e. The first-order valence-corrected chi connectivity index (χ1v) is 9.46. The molecule has 1 amide bonds. The van der Waals surface area contributed by atoms with Crippen LogP contribution in [-0.2, 0) is 29.5 Å². The molecule has 2 unspecified atom stereocenters. The third kappa shape index (κ3) is 4.21. The number of benzene rings is 1. The lowest BCUT2D eigenvalue weighted by Gasteiger charge is -2.28. The van der Waals surface area contributed by atoms with Crippen molar-refractivity contribution >= 4 is 11.9 Å². The van der Waals surface area contributed by atoms with Crippen LogP contribution in [0.3, 0.4) is 0 Å². The van der Waals surface area contributed by atoms with Crippen LogP contribution < -0.4 is 5.32 Å². The number of nitrogens with one attached hydrogen (secondary N) is 1. The van der Waals surface area contributed by atoms with E-state index in [9.17, 15) is 14.7 Å². The topological polar surface area (TPSA) is 84.2 Å². The summed E-state index contributed by atoms with van der Waals surface area (Å²) in [6, 6.07) is 7.34. The number of fused-ring (bicyclic) bond motifs is 1. The van der Waals surface area contributed by atoms with E-state index in [0.29, 0.717) is 6.42 Å². The molecule has 2 aromatic rings. The molecule has 0 saturated carbocycles. The van der Waals surface area contributed by atoms with Gasteiger partial charge in [-0.1, -0.05) is 24.3 Å². The number of rotatable bonds is 6. The quantitative estimate of drug-likeness (QED) is 0.820. The summed E-state index contributed by atoms with van der Waals surface area (Å²) >= 11 is 0. The molecule has 1 heterocycles. The van der Waals surface area contributed by atoms with Crippen molar-refractivity contribution in [3.63, 3.8) is 0 Å². The van der Waals surface area contributed by atoms with Gasteiger partial charge in [0.05, 0.1) is 12.1 Å². The third-order valence-electron chi connectivity index (χ3n) is 5.64. The van der Waals surface area contributed by atoms with Gasteiger partial charge in [0.15, 0.2) is 0 Å². The molecule has 0 radical (unpaired) electrons. The Hall–Kier alpha value is -2.63. The van der Waals surface area contributed by atoms with Crippen LogP contribution in [0, 0.1) is 13.8 Å². The lowest BCUT2D eigenvalue weighted by atomic mass is 9.79. The molecule has 1 aliphatic carbocycles. The number of hydrogen-bond acceptors (Lipinski definition) is 3. The van der Waals surface area contributed by atoms with E-state index < -0.39 is 12.0 Å². The van der Waals surface area contributed by atoms with Gasteiger partial charge >= 0.3 is 5.97 Å². The highest BCUT2D eigenvalue weighted by atomic mass is 16.4. The molecule has 0 saturated heterocycles. The normalized spacial score (nSPS) is 17.2. The number of hydrogen-bond donors (Lipinski definition) is 2. The van der Waals surface area contributed by atoms with Crippen molar-refractivity contribution < 1.29 is 14.7 Å². The number of amides is 1. The van der Waals surface area contributed by atoms with E-state index in [4.69, 9.17) is 0 Å². The number of carbonyl (C=O) groups excluding carboxylic acids is 1. The van der Waals surface area contributed by atoms with Crippen LogP contribution in [0.15, 0.2) is 24.3 Å². The maximum absolute atomic E-state index is 12.5. The molecule has 0 bridgehead atoms. The molecule has 0 fully saturated rings. The molecule has 6 nitrogen and oxygen atoms in total. The van der Waals surface area contributed by atoms with Crippen LogP contribution in [0.5, 0.6) is 0 Å². The Kier molecular flexibility index (Phi) is 5.63. The van der Waals surface area contributed by atoms with Crippen molar-refractivity contribution in [3.05, 3.63) is 52.3 Å². The number of carbonyl (C=O) groups is 2. The number of carboxylic acid groups (broad SMARTS) is 1. The van der Waals surface area contributed by atoms with E-state index in [1.807, 2.05) is 33.0 Å². The average Bonchev–Trinajstić information content (AvgIpc) is 2.87. The summed E-state index contributed by atoms with van der Waals surface area (Å²) in [6.07, 6.45) is 3.61. The number of aliphatic carboxylic acids is 1. The van der Waals surface area contributed by atoms with Gasteiger partial charge in [0.25, 0.3) is 0 Å². The maximum atomic E-state index is 12.5. The van der Waals surface area contributed by atoms with Gasteiger partial charge in [-0.3, -0.25) is 9.48 Å². The van der Waals surface area contributed by atoms with Crippen molar-refractivity contribution in [1.82, 2.24) is 15.1 Å². The van der Waals surface area contributed by atoms with Gasteiger partial charge in [-0.25, -0.2) is 4.79 Å². The predicted octanol–water partition coefficient (Wildman–Crippen LogP) is 2.66. The minimum Gasteiger partial charge on any atom is -0.480 e. The maximum Gasteiger partial charge on any atom is 0.326 e. The van der Waals surface area contributed by atoms with Crippen molar-refractivity contribution in [2.45, 2.75) is 57.9 Å². The summed E-state index contributed by atoms with van der Waals surface area (Å²) in [4.78, 5) is 24.3. The van der Waals surface area contributed by atoms with Gasteiger partial charge in [-0.05, 0) is 56.6 Å². The van der Waals surface area contributed by atoms with Crippen LogP contribution in [0.25, 0.3) is 0 Å². The second-order valence-corrected chi connectivity index (χ2v) is 7.43. The van der Waals surface area contributed by atoms with Crippen LogP contribution >= 0.6 is 0 Å². The molecule has 0 aliphatic heterocycles. The van der Waals surface area contributed by atoms with E-state index >= 15 is 0 Å². The predicted molar refractivity (Wildman–Crippen MR) is 103 cm³/mol. The molecular weight excluding hydrogens is 342 g/mol. The highest BCUT2D eigenvalue weighted by molar-refractivity contribution is 5.85. The summed E-state index contributed by atoms with van der Waals surface area (Å²) in [5.74, 6) is -1.09. The standard InChI is InChI=1S/C21H27N3O3/c1-13-18(14(2)24(3)23-13)12-20(25)22-19(21(26)27)11-16-9-6-8-15-7-4-5-10-17(15)16/h4-5,7,10,16,19H,6,8-9,11-12H2,1-3H3,(H,22,25)(H,26,27). The van der Waals surface area contributed by atoms with Gasteiger partial charge in [-0.2, -0.15) is 5.10 Å². The zero-order valence-electron chi connectivity index (χ0n) is 16.2. The van der Waals surface area contributed by atoms with Gasteiger partial charge in [0, 0.05) is 18.3 Å². The minimum absolute atomic E-state index is 0.149. The Morgan fingerprint density at radius 2 is 2.07 bits per heavy atom. The summed E-state index contributed by atoms with van der Waals surface area (Å²) in [5, 5.41) is 16.7. The molecule has 2 N–H and O–H groups in total. The smallest absolute Gasteiger partial charge is 0.326 e. The average molecular weight is 369 g/mol. The molecule has 1 aromatic carbocycles. The molecule has 1 aliphatic rings. The molecular formula is C21H27N3O3. The van der Waals surface area contributed by atoms with Gasteiger partial charge < -0.3 is 10.4 Å². The van der Waals surface area contributed by atoms with Crippen LogP contribution in [-0.4, -0.2) is 32.8 Å². The van der Waals surface area contributed by atoms with E-state index in [1.165, 1.54) is 11.1 Å². The summed E-state index contributed by atoms with van der Waals surface area (Å²) in [5.41, 5.74) is 5.12. The van der Waals surface area contributed by atoms with Crippen molar-refractivity contribution in [2.24, 2.45) is 7.05 Å². The van der Waals surface area contributed by atoms with E-state index in [0.717, 1.165) is 36.2 Å². The zero-order chi connectivity index (χ0) is 19.6. The van der Waals surface area contributed by atoms with Gasteiger partial charge in [0.1, 0.15) is 6.04 Å². The molecule has 3 rings (SSSR count). The first-order valence-electron chi connectivity index (χ1n) is 9.46. The minimum atomic E-state index is -0.981. The lowest BCUT2D eigenvalue weighted by Crippen LogP contribution is -2.42. The first kappa shape index (κ1) is 19.1. The Bertz CT molecular complexity index is 856. The molecule has 2 atom stereocenters. The van der Waals surface area contributed by atoms with E-state index in [1.54, 1.807) is 4.68 Å². The SMILES string of the molecule is Cc1nn(C)c(C)c1CC(=O)NC(CC1CCCc2ccccc21)C(=O)O. The van der Waals surface area contributed by atoms with Crippen molar-refractivity contribution in [1.29, 1.82) is 0 Å². The Labute approximate surface area is 159 Å². The fraction of sp³-hybridized carbons (Fsp3) is 0.476. The Balaban J connectivity index is 1.70. The molecule has 6 heteroatoms. The number of nitrogens with zero attached hydrogens (tertiary/aromatic N) is 2. The fourth-order valence-electron chi connectivity index (χ4n) is 4.08. The summed E-state index contributed by atoms with van der Waals surface area (Å²) < 4.78 is 1.74. The lowest BCUT2D eigenvalue weighted by molar-refractivity contribution is -0.142. The van der Waals surface area contributed by atoms with Gasteiger partial charge in [0.2, 0.25) is 5.91 Å². The molecule has 27 heavy (non-hydrogen) atoms. The number of aromatic nitrogens is 2. The third-order valence-corrected chi connectivity index (χ3v) is 5.64. The monoisotopic (exact) mass is 369 g/mol. The van der Waals surface area contributed by atoms with Gasteiger partial charge in [-0.15, -0.1) is 0 Å². The molecule has 0 spiro atoms. The molecule has 144 valence electrons. The Morgan fingerprint density at radius 3 is 2.74 bits per heavy atom. The zero-order valence-corrected chi connectivity index (χ0v) is 16.2. The molecule has 1 aromatic heterocycles. The second-order valence-electron chi connectivity index (χ2n) is 7.43. The summed E-state index contributed by atoms with van der Waals surface area (Å²) in [6.45, 7) is 3.78. The van der Waals surface area contributed by atoms with Crippen molar-refractivity contribution in [3.8, 4) is 0 Å². The fourth-order valence-corrected chi connectivity index (χ4v) is 4.08. The van der Waals surface area contributed by atoms with Crippen LogP contribution in [0.2, 0.25) is 0 Å². The van der Waals surface area contributed by atoms with Crippen molar-refractivity contribution in [2.75, 3.05) is 0 Å². The first-order chi connectivity index (χ1) is 12.9. The highest BCUT2D eigenvalue weighted by Gasteiger charge is 2.28. The number of carboxylic acids is 1. The second kappa shape index (κ2) is 7.94. The van der Waals surface area contributed by atoms with E-state index in [-0.39, 0.29) is 18.2 Å².